The molecule has 3 aromatic rings. The van der Waals surface area contributed by atoms with Crippen molar-refractivity contribution in [2.45, 2.75) is 6.42 Å². The van der Waals surface area contributed by atoms with E-state index in [9.17, 15) is 18.4 Å². The summed E-state index contributed by atoms with van der Waals surface area (Å²) in [6.07, 6.45) is 3.20. The van der Waals surface area contributed by atoms with Crippen LogP contribution in [0.5, 0.6) is 0 Å². The molecule has 2 aromatic heterocycles. The Kier molecular flexibility index (Phi) is 5.60. The molecule has 0 radical (unpaired) electrons. The van der Waals surface area contributed by atoms with Gasteiger partial charge >= 0.3 is 0 Å². The summed E-state index contributed by atoms with van der Waals surface area (Å²) in [7, 11) is 1.48. The maximum Gasteiger partial charge on any atom is 0.289 e. The van der Waals surface area contributed by atoms with Gasteiger partial charge in [0.1, 0.15) is 18.2 Å². The standard InChI is InChI=1S/C18H15F2N3O3S/c1-23(17(25)15-3-2-4-26-15)10-16(24)22-18-21-9-14(27-18)7-11-5-12(19)8-13(20)6-11/h2-6,8-9H,7,10H2,1H3,(H,21,22,24). The molecule has 1 N–H and O–H groups in total. The highest BCUT2D eigenvalue weighted by molar-refractivity contribution is 7.15. The van der Waals surface area contributed by atoms with E-state index in [-0.39, 0.29) is 12.3 Å². The Morgan fingerprint density at radius 2 is 2.00 bits per heavy atom. The summed E-state index contributed by atoms with van der Waals surface area (Å²) in [5.74, 6) is -1.98. The minimum Gasteiger partial charge on any atom is -0.459 e. The van der Waals surface area contributed by atoms with Gasteiger partial charge in [-0.1, -0.05) is 0 Å². The Labute approximate surface area is 157 Å². The second-order valence-electron chi connectivity index (χ2n) is 5.77. The van der Waals surface area contributed by atoms with Crippen LogP contribution in [0.15, 0.2) is 47.2 Å². The molecule has 27 heavy (non-hydrogen) atoms. The Hall–Kier alpha value is -3.07. The molecule has 0 atom stereocenters. The number of likely N-dealkylation sites (N-methyl/N-ethyl adjacent to an activating group) is 1. The molecule has 2 amide bonds. The van der Waals surface area contributed by atoms with Gasteiger partial charge < -0.3 is 14.6 Å². The maximum atomic E-state index is 13.2. The molecular formula is C18H15F2N3O3S. The van der Waals surface area contributed by atoms with Crippen LogP contribution in [0, 0.1) is 11.6 Å². The summed E-state index contributed by atoms with van der Waals surface area (Å²) in [6.45, 7) is -0.177. The van der Waals surface area contributed by atoms with Crippen LogP contribution in [0.1, 0.15) is 21.0 Å². The lowest BCUT2D eigenvalue weighted by molar-refractivity contribution is -0.116. The number of carbonyl (C=O) groups excluding carboxylic acids is 2. The second-order valence-corrected chi connectivity index (χ2v) is 6.89. The molecule has 0 aliphatic carbocycles. The van der Waals surface area contributed by atoms with Crippen LogP contribution in [0.3, 0.4) is 0 Å². The monoisotopic (exact) mass is 391 g/mol. The van der Waals surface area contributed by atoms with Gasteiger partial charge in [-0.15, -0.1) is 11.3 Å². The predicted molar refractivity (Wildman–Crippen MR) is 95.6 cm³/mol. The van der Waals surface area contributed by atoms with E-state index in [1.54, 1.807) is 6.07 Å². The van der Waals surface area contributed by atoms with Gasteiger partial charge in [-0.3, -0.25) is 9.59 Å². The minimum atomic E-state index is -0.646. The fourth-order valence-electron chi connectivity index (χ4n) is 2.40. The third-order valence-electron chi connectivity index (χ3n) is 3.56. The number of hydrogen-bond acceptors (Lipinski definition) is 5. The molecule has 0 aliphatic heterocycles. The van der Waals surface area contributed by atoms with Gasteiger partial charge in [0.25, 0.3) is 5.91 Å². The Morgan fingerprint density at radius 3 is 2.67 bits per heavy atom. The van der Waals surface area contributed by atoms with Crippen molar-refractivity contribution in [3.63, 3.8) is 0 Å². The van der Waals surface area contributed by atoms with Crippen LogP contribution in [-0.4, -0.2) is 35.3 Å². The highest BCUT2D eigenvalue weighted by Crippen LogP contribution is 2.22. The van der Waals surface area contributed by atoms with Gasteiger partial charge in [0.05, 0.1) is 6.26 Å². The van der Waals surface area contributed by atoms with Crippen molar-refractivity contribution in [3.05, 3.63) is 70.6 Å². The zero-order chi connectivity index (χ0) is 19.4. The van der Waals surface area contributed by atoms with E-state index in [0.717, 1.165) is 10.9 Å². The van der Waals surface area contributed by atoms with Crippen molar-refractivity contribution < 1.29 is 22.8 Å². The molecule has 0 saturated carbocycles. The Bertz CT molecular complexity index is 936. The molecule has 0 unspecified atom stereocenters. The van der Waals surface area contributed by atoms with Gasteiger partial charge in [0.2, 0.25) is 5.91 Å². The number of furan rings is 1. The van der Waals surface area contributed by atoms with E-state index in [0.29, 0.717) is 17.1 Å². The van der Waals surface area contributed by atoms with E-state index in [1.165, 1.54) is 53.9 Å². The number of amides is 2. The number of nitrogens with zero attached hydrogens (tertiary/aromatic N) is 2. The summed E-state index contributed by atoms with van der Waals surface area (Å²) in [5.41, 5.74) is 0.470. The fourth-order valence-corrected chi connectivity index (χ4v) is 3.26. The van der Waals surface area contributed by atoms with Gasteiger partial charge in [0.15, 0.2) is 10.9 Å². The van der Waals surface area contributed by atoms with Gasteiger partial charge in [-0.05, 0) is 29.8 Å². The molecule has 0 bridgehead atoms. The van der Waals surface area contributed by atoms with E-state index in [1.807, 2.05) is 0 Å². The molecule has 9 heteroatoms. The smallest absolute Gasteiger partial charge is 0.289 e. The van der Waals surface area contributed by atoms with E-state index in [4.69, 9.17) is 4.42 Å². The molecule has 3 rings (SSSR count). The number of thiazole rings is 1. The van der Waals surface area contributed by atoms with Crippen molar-refractivity contribution in [2.24, 2.45) is 0 Å². The average Bonchev–Trinajstić information content (AvgIpc) is 3.25. The number of halogens is 2. The van der Waals surface area contributed by atoms with E-state index in [2.05, 4.69) is 10.3 Å². The molecule has 140 valence electrons. The first-order chi connectivity index (χ1) is 12.9. The maximum absolute atomic E-state index is 13.2. The first-order valence-electron chi connectivity index (χ1n) is 7.89. The molecule has 0 fully saturated rings. The lowest BCUT2D eigenvalue weighted by Gasteiger charge is -2.14. The summed E-state index contributed by atoms with van der Waals surface area (Å²) < 4.78 is 31.5. The molecule has 0 aliphatic rings. The van der Waals surface area contributed by atoms with Crippen LogP contribution in [0.25, 0.3) is 0 Å². The summed E-state index contributed by atoms with van der Waals surface area (Å²) in [4.78, 5) is 30.1. The topological polar surface area (TPSA) is 75.4 Å². The van der Waals surface area contributed by atoms with E-state index < -0.39 is 23.4 Å². The number of aromatic nitrogens is 1. The fraction of sp³-hybridized carbons (Fsp3) is 0.167. The number of rotatable bonds is 6. The molecular weight excluding hydrogens is 376 g/mol. The Morgan fingerprint density at radius 1 is 1.26 bits per heavy atom. The van der Waals surface area contributed by atoms with Gasteiger partial charge in [0, 0.05) is 30.6 Å². The van der Waals surface area contributed by atoms with Crippen molar-refractivity contribution in [1.29, 1.82) is 0 Å². The molecule has 1 aromatic carbocycles. The SMILES string of the molecule is CN(CC(=O)Nc1ncc(Cc2cc(F)cc(F)c2)s1)C(=O)c1ccco1. The summed E-state index contributed by atoms with van der Waals surface area (Å²) in [5, 5.41) is 2.94. The van der Waals surface area contributed by atoms with Crippen molar-refractivity contribution in [2.75, 3.05) is 18.9 Å². The molecule has 2 heterocycles. The molecule has 0 saturated heterocycles. The third-order valence-corrected chi connectivity index (χ3v) is 4.47. The van der Waals surface area contributed by atoms with E-state index >= 15 is 0 Å². The lowest BCUT2D eigenvalue weighted by atomic mass is 10.1. The number of benzene rings is 1. The zero-order valence-corrected chi connectivity index (χ0v) is 15.1. The second kappa shape index (κ2) is 8.09. The highest BCUT2D eigenvalue weighted by atomic mass is 32.1. The zero-order valence-electron chi connectivity index (χ0n) is 14.2. The number of hydrogen-bond donors (Lipinski definition) is 1. The van der Waals surface area contributed by atoms with Crippen molar-refractivity contribution in [3.8, 4) is 0 Å². The van der Waals surface area contributed by atoms with Crippen LogP contribution in [-0.2, 0) is 11.2 Å². The number of nitrogens with one attached hydrogen (secondary N) is 1. The number of anilines is 1. The van der Waals surface area contributed by atoms with Crippen molar-refractivity contribution >= 4 is 28.3 Å². The first-order valence-corrected chi connectivity index (χ1v) is 8.71. The van der Waals surface area contributed by atoms with Crippen LogP contribution >= 0.6 is 11.3 Å². The predicted octanol–water partition coefficient (Wildman–Crippen LogP) is 3.32. The molecule has 0 spiro atoms. The minimum absolute atomic E-state index is 0.143. The third kappa shape index (κ3) is 4.98. The largest absolute Gasteiger partial charge is 0.459 e. The normalized spacial score (nSPS) is 10.6. The highest BCUT2D eigenvalue weighted by Gasteiger charge is 2.18. The van der Waals surface area contributed by atoms with Crippen LogP contribution in [0.2, 0.25) is 0 Å². The van der Waals surface area contributed by atoms with Crippen molar-refractivity contribution in [1.82, 2.24) is 9.88 Å². The Balaban J connectivity index is 1.57. The van der Waals surface area contributed by atoms with Crippen LogP contribution < -0.4 is 5.32 Å². The first kappa shape index (κ1) is 18.7. The summed E-state index contributed by atoms with van der Waals surface area (Å²) >= 11 is 1.19. The van der Waals surface area contributed by atoms with Crippen LogP contribution in [0.4, 0.5) is 13.9 Å². The number of carbonyl (C=O) groups is 2. The average molecular weight is 391 g/mol. The van der Waals surface area contributed by atoms with Gasteiger partial charge in [-0.2, -0.15) is 0 Å². The lowest BCUT2D eigenvalue weighted by Crippen LogP contribution is -2.34. The molecule has 6 nitrogen and oxygen atoms in total. The summed E-state index contributed by atoms with van der Waals surface area (Å²) in [6, 6.07) is 6.40. The quantitative estimate of drug-likeness (QED) is 0.700. The van der Waals surface area contributed by atoms with Gasteiger partial charge in [-0.25, -0.2) is 13.8 Å².